The van der Waals surface area contributed by atoms with E-state index < -0.39 is 53.7 Å². The van der Waals surface area contributed by atoms with Crippen LogP contribution in [0.1, 0.15) is 53.5 Å². The number of benzene rings is 2. The number of rotatable bonds is 4. The van der Waals surface area contributed by atoms with Crippen molar-refractivity contribution in [1.29, 1.82) is 0 Å². The van der Waals surface area contributed by atoms with Gasteiger partial charge in [0, 0.05) is 34.4 Å². The molecule has 7 nitrogen and oxygen atoms in total. The van der Waals surface area contributed by atoms with E-state index in [0.717, 1.165) is 34.6 Å². The molecule has 3 aromatic rings. The van der Waals surface area contributed by atoms with Gasteiger partial charge in [-0.1, -0.05) is 48.9 Å². The molecule has 0 radical (unpaired) electrons. The highest BCUT2D eigenvalue weighted by Gasteiger charge is 2.48. The first kappa shape index (κ1) is 27.1. The number of thioether (sulfide) groups is 1. The molecule has 0 bridgehead atoms. The molecule has 2 atom stereocenters. The topological polar surface area (TPSA) is 71.8 Å². The molecule has 0 saturated heterocycles. The van der Waals surface area contributed by atoms with Crippen LogP contribution in [0.3, 0.4) is 0 Å². The van der Waals surface area contributed by atoms with Gasteiger partial charge in [-0.15, -0.1) is 11.8 Å². The zero-order valence-electron chi connectivity index (χ0n) is 20.9. The van der Waals surface area contributed by atoms with Crippen LogP contribution in [0.15, 0.2) is 64.4 Å². The highest BCUT2D eigenvalue weighted by molar-refractivity contribution is 7.98. The van der Waals surface area contributed by atoms with Crippen LogP contribution in [-0.2, 0) is 10.5 Å². The van der Waals surface area contributed by atoms with Gasteiger partial charge in [0.1, 0.15) is 12.7 Å². The van der Waals surface area contributed by atoms with Gasteiger partial charge >= 0.3 is 12.1 Å². The lowest BCUT2D eigenvalue weighted by Gasteiger charge is -2.46. The maximum Gasteiger partial charge on any atom is 0.408 e. The van der Waals surface area contributed by atoms with E-state index in [4.69, 9.17) is 16.3 Å². The summed E-state index contributed by atoms with van der Waals surface area (Å²) in [6.07, 6.45) is -3.54. The van der Waals surface area contributed by atoms with Crippen molar-refractivity contribution in [3.05, 3.63) is 92.4 Å². The Kier molecular flexibility index (Phi) is 7.15. The Labute approximate surface area is 231 Å². The predicted molar refractivity (Wildman–Crippen MR) is 141 cm³/mol. The minimum absolute atomic E-state index is 0.104. The number of carbonyl (C=O) groups excluding carboxylic acids is 2. The molecule has 3 heterocycles. The maximum absolute atomic E-state index is 14.0. The molecule has 204 valence electrons. The van der Waals surface area contributed by atoms with Crippen molar-refractivity contribution in [2.75, 3.05) is 11.7 Å². The standard InChI is InChI=1S/C27H23ClF3N3O4S/c1-3-22(36)38-25-20(35)11-12-33-24(25)26(37)32(15(2)27(29,30)31)14-34(33)23-16-8-6-9-19(28)18(16)13-39-21-10-5-4-7-17(21)23/h4-12,15,23H,3,13-14H2,1-2H3/t15-,23+/m1/s1. The Hall–Kier alpha value is -3.44. The van der Waals surface area contributed by atoms with E-state index >= 15 is 0 Å². The summed E-state index contributed by atoms with van der Waals surface area (Å²) in [6, 6.07) is 11.1. The minimum atomic E-state index is -4.75. The van der Waals surface area contributed by atoms with E-state index in [9.17, 15) is 27.6 Å². The number of ether oxygens (including phenoxy) is 1. The molecule has 0 saturated carbocycles. The normalized spacial score (nSPS) is 17.6. The average molecular weight is 578 g/mol. The molecule has 2 aromatic carbocycles. The Morgan fingerprint density at radius 2 is 1.85 bits per heavy atom. The minimum Gasteiger partial charge on any atom is -0.420 e. The van der Waals surface area contributed by atoms with Gasteiger partial charge in [0.25, 0.3) is 5.91 Å². The number of alkyl halides is 3. The zero-order valence-corrected chi connectivity index (χ0v) is 22.4. The van der Waals surface area contributed by atoms with Gasteiger partial charge < -0.3 is 9.64 Å². The zero-order chi connectivity index (χ0) is 28.1. The van der Waals surface area contributed by atoms with Gasteiger partial charge in [-0.05, 0) is 35.7 Å². The average Bonchev–Trinajstić information content (AvgIpc) is 3.07. The molecule has 2 aliphatic rings. The van der Waals surface area contributed by atoms with Crippen molar-refractivity contribution < 1.29 is 27.5 Å². The van der Waals surface area contributed by atoms with Crippen LogP contribution in [0.2, 0.25) is 5.02 Å². The number of halogens is 4. The summed E-state index contributed by atoms with van der Waals surface area (Å²) in [5.74, 6) is -1.96. The SMILES string of the molecule is CCC(=O)Oc1c2n(ccc1=O)N([C@@H]1c3ccccc3SCc3c(Cl)cccc31)CN([C@H](C)C(F)(F)F)C2=O. The predicted octanol–water partition coefficient (Wildman–Crippen LogP) is 5.51. The molecule has 2 aliphatic heterocycles. The van der Waals surface area contributed by atoms with E-state index in [1.807, 2.05) is 30.3 Å². The highest BCUT2D eigenvalue weighted by atomic mass is 35.5. The summed E-state index contributed by atoms with van der Waals surface area (Å²) in [7, 11) is 0. The molecule has 0 aliphatic carbocycles. The number of esters is 1. The quantitative estimate of drug-likeness (QED) is 0.381. The summed E-state index contributed by atoms with van der Waals surface area (Å²) >= 11 is 8.14. The van der Waals surface area contributed by atoms with Crippen LogP contribution in [0, 0.1) is 0 Å². The summed E-state index contributed by atoms with van der Waals surface area (Å²) in [5.41, 5.74) is 1.08. The third kappa shape index (κ3) is 4.78. The van der Waals surface area contributed by atoms with E-state index in [0.29, 0.717) is 15.7 Å². The monoisotopic (exact) mass is 577 g/mol. The number of nitrogens with zero attached hydrogens (tertiary/aromatic N) is 3. The largest absolute Gasteiger partial charge is 0.420 e. The summed E-state index contributed by atoms with van der Waals surface area (Å²) in [4.78, 5) is 40.2. The molecule has 0 spiro atoms. The molecule has 39 heavy (non-hydrogen) atoms. The Morgan fingerprint density at radius 1 is 1.13 bits per heavy atom. The van der Waals surface area contributed by atoms with Crippen molar-refractivity contribution in [2.45, 2.75) is 49.2 Å². The number of aromatic nitrogens is 1. The first-order valence-electron chi connectivity index (χ1n) is 12.1. The van der Waals surface area contributed by atoms with E-state index in [1.54, 1.807) is 28.9 Å². The Balaban J connectivity index is 1.80. The summed E-state index contributed by atoms with van der Waals surface area (Å²) in [6.45, 7) is 1.92. The van der Waals surface area contributed by atoms with E-state index in [2.05, 4.69) is 0 Å². The molecule has 0 N–H and O–H groups in total. The lowest BCUT2D eigenvalue weighted by Crippen LogP contribution is -2.60. The van der Waals surface area contributed by atoms with Crippen molar-refractivity contribution in [1.82, 2.24) is 9.58 Å². The van der Waals surface area contributed by atoms with Crippen molar-refractivity contribution >= 4 is 35.2 Å². The van der Waals surface area contributed by atoms with Gasteiger partial charge in [0.15, 0.2) is 5.69 Å². The lowest BCUT2D eigenvalue weighted by atomic mass is 9.94. The van der Waals surface area contributed by atoms with Crippen LogP contribution in [-0.4, -0.2) is 40.3 Å². The fourth-order valence-corrected chi connectivity index (χ4v) is 6.24. The summed E-state index contributed by atoms with van der Waals surface area (Å²) in [5, 5.41) is 2.07. The van der Waals surface area contributed by atoms with Gasteiger partial charge in [-0.2, -0.15) is 13.2 Å². The first-order chi connectivity index (χ1) is 18.5. The second-order valence-corrected chi connectivity index (χ2v) is 10.6. The van der Waals surface area contributed by atoms with E-state index in [-0.39, 0.29) is 6.42 Å². The summed E-state index contributed by atoms with van der Waals surface area (Å²) < 4.78 is 48.6. The molecule has 1 amide bonds. The van der Waals surface area contributed by atoms with Gasteiger partial charge in [0.05, 0.1) is 6.04 Å². The number of pyridine rings is 1. The molecule has 0 fully saturated rings. The number of carbonyl (C=O) groups is 2. The smallest absolute Gasteiger partial charge is 0.408 e. The second-order valence-electron chi connectivity index (χ2n) is 9.14. The van der Waals surface area contributed by atoms with Crippen LogP contribution in [0.5, 0.6) is 5.75 Å². The lowest BCUT2D eigenvalue weighted by molar-refractivity contribution is -0.173. The van der Waals surface area contributed by atoms with Crippen molar-refractivity contribution in [2.24, 2.45) is 0 Å². The molecule has 0 unspecified atom stereocenters. The van der Waals surface area contributed by atoms with Crippen molar-refractivity contribution in [3.63, 3.8) is 0 Å². The number of hydrogen-bond acceptors (Lipinski definition) is 6. The molecular formula is C27H23ClF3N3O4S. The third-order valence-electron chi connectivity index (χ3n) is 6.85. The molecule has 12 heteroatoms. The first-order valence-corrected chi connectivity index (χ1v) is 13.5. The molecule has 5 rings (SSSR count). The van der Waals surface area contributed by atoms with Gasteiger partial charge in [-0.25, -0.2) is 0 Å². The molecular weight excluding hydrogens is 555 g/mol. The fraction of sp³-hybridized carbons (Fsp3) is 0.296. The Bertz CT molecular complexity index is 1530. The Morgan fingerprint density at radius 3 is 2.56 bits per heavy atom. The van der Waals surface area contributed by atoms with Crippen LogP contribution in [0.4, 0.5) is 13.2 Å². The van der Waals surface area contributed by atoms with Crippen LogP contribution < -0.4 is 15.2 Å². The van der Waals surface area contributed by atoms with Crippen molar-refractivity contribution in [3.8, 4) is 5.75 Å². The number of amides is 1. The van der Waals surface area contributed by atoms with E-state index in [1.165, 1.54) is 17.8 Å². The van der Waals surface area contributed by atoms with Gasteiger partial charge in [0.2, 0.25) is 11.2 Å². The van der Waals surface area contributed by atoms with Crippen LogP contribution >= 0.6 is 23.4 Å². The number of hydrogen-bond donors (Lipinski definition) is 0. The maximum atomic E-state index is 14.0. The molecule has 1 aromatic heterocycles. The number of fused-ring (bicyclic) bond motifs is 3. The van der Waals surface area contributed by atoms with Gasteiger partial charge in [-0.3, -0.25) is 24.1 Å². The van der Waals surface area contributed by atoms with Crippen LogP contribution in [0.25, 0.3) is 0 Å². The highest BCUT2D eigenvalue weighted by Crippen LogP contribution is 2.45. The second kappa shape index (κ2) is 10.3. The third-order valence-corrected chi connectivity index (χ3v) is 8.32. The fourth-order valence-electron chi connectivity index (χ4n) is 4.77.